The molecule has 0 unspecified atom stereocenters. The largest absolute Gasteiger partial charge is 0.481 e. The number of aliphatic hydroxyl groups is 2. The molecular weight excluding hydrogens is 411 g/mol. The molecule has 7 heteroatoms. The number of carboxylic acids is 1. The van der Waals surface area contributed by atoms with Gasteiger partial charge in [0.2, 0.25) is 0 Å². The average molecular weight is 438 g/mol. The number of aliphatic hydroxyl groups excluding tert-OH is 2. The van der Waals surface area contributed by atoms with E-state index in [9.17, 15) is 19.4 Å². The van der Waals surface area contributed by atoms with Gasteiger partial charge in [-0.1, -0.05) is 30.4 Å². The van der Waals surface area contributed by atoms with Gasteiger partial charge < -0.3 is 15.3 Å². The Morgan fingerprint density at radius 1 is 1.22 bits per heavy atom. The Morgan fingerprint density at radius 3 is 2.53 bits per heavy atom. The predicted octanol–water partition coefficient (Wildman–Crippen LogP) is 4.32. The maximum absolute atomic E-state index is 13.4. The minimum Gasteiger partial charge on any atom is -0.481 e. The van der Waals surface area contributed by atoms with E-state index in [2.05, 4.69) is 4.98 Å². The molecule has 32 heavy (non-hydrogen) atoms. The van der Waals surface area contributed by atoms with Crippen LogP contribution in [0.25, 0.3) is 5.57 Å². The first-order valence-corrected chi connectivity index (χ1v) is 10.6. The standard InChI is InChI=1S/C25H27FN2O4/c1-16(17-7-9-19(26)10-8-17)22(12-11-20(29)14-21(30)15-24(31)32)25(18-5-6-18)28-23-4-2-3-13-27-23/h2-4,7-13,18,20-21,29-30H,5-6,14-15H2,1H3,(H,31,32)/b12-11+,22-16+,28-25?/t20-,21-/m1/s1. The first-order valence-electron chi connectivity index (χ1n) is 10.6. The SMILES string of the molecule is C/C(=C(/C=C/[C@@H](O)C[C@@H](O)CC(=O)O)C(=Nc1ccccn1)C1CC1)c1ccc(F)cc1. The fraction of sp³-hybridized carbons (Fsp3) is 0.320. The molecule has 1 aromatic heterocycles. The summed E-state index contributed by atoms with van der Waals surface area (Å²) >= 11 is 0. The summed E-state index contributed by atoms with van der Waals surface area (Å²) < 4.78 is 13.4. The van der Waals surface area contributed by atoms with E-state index in [1.165, 1.54) is 18.2 Å². The van der Waals surface area contributed by atoms with Crippen LogP contribution in [0.3, 0.4) is 0 Å². The quantitative estimate of drug-likeness (QED) is 0.379. The Kier molecular flexibility index (Phi) is 8.03. The zero-order valence-corrected chi connectivity index (χ0v) is 17.9. The molecule has 2 atom stereocenters. The third-order valence-electron chi connectivity index (χ3n) is 5.21. The zero-order chi connectivity index (χ0) is 23.1. The number of nitrogens with zero attached hydrogens (tertiary/aromatic N) is 2. The number of benzene rings is 1. The lowest BCUT2D eigenvalue weighted by Gasteiger charge is -2.14. The molecule has 0 spiro atoms. The third kappa shape index (κ3) is 6.93. The van der Waals surface area contributed by atoms with E-state index in [0.29, 0.717) is 5.82 Å². The molecule has 6 nitrogen and oxygen atoms in total. The molecule has 1 saturated carbocycles. The number of aromatic nitrogens is 1. The minimum absolute atomic E-state index is 0.0954. The Balaban J connectivity index is 1.97. The van der Waals surface area contributed by atoms with Crippen LogP contribution in [-0.2, 0) is 4.79 Å². The summed E-state index contributed by atoms with van der Waals surface area (Å²) in [7, 11) is 0. The Hall–Kier alpha value is -3.16. The van der Waals surface area contributed by atoms with Crippen molar-refractivity contribution in [2.75, 3.05) is 0 Å². The highest BCUT2D eigenvalue weighted by Crippen LogP contribution is 2.37. The number of hydrogen-bond acceptors (Lipinski definition) is 5. The first-order chi connectivity index (χ1) is 15.3. The van der Waals surface area contributed by atoms with Crippen molar-refractivity contribution in [1.82, 2.24) is 4.98 Å². The highest BCUT2D eigenvalue weighted by atomic mass is 19.1. The van der Waals surface area contributed by atoms with Crippen LogP contribution in [0.1, 0.15) is 38.2 Å². The second kappa shape index (κ2) is 10.9. The van der Waals surface area contributed by atoms with Crippen LogP contribution in [0.2, 0.25) is 0 Å². The van der Waals surface area contributed by atoms with Crippen molar-refractivity contribution in [1.29, 1.82) is 0 Å². The van der Waals surface area contributed by atoms with Crippen LogP contribution >= 0.6 is 0 Å². The number of aliphatic imine (C=N–C) groups is 1. The fourth-order valence-corrected chi connectivity index (χ4v) is 3.38. The molecule has 1 aliphatic rings. The van der Waals surface area contributed by atoms with E-state index in [4.69, 9.17) is 10.1 Å². The van der Waals surface area contributed by atoms with Crippen LogP contribution in [0, 0.1) is 11.7 Å². The molecule has 3 N–H and O–H groups in total. The summed E-state index contributed by atoms with van der Waals surface area (Å²) in [4.78, 5) is 19.8. The zero-order valence-electron chi connectivity index (χ0n) is 17.9. The van der Waals surface area contributed by atoms with Crippen molar-refractivity contribution < 1.29 is 24.5 Å². The van der Waals surface area contributed by atoms with Gasteiger partial charge in [0, 0.05) is 18.5 Å². The van der Waals surface area contributed by atoms with E-state index in [1.807, 2.05) is 25.1 Å². The number of rotatable bonds is 10. The van der Waals surface area contributed by atoms with Gasteiger partial charge in [-0.05, 0) is 60.7 Å². The molecule has 1 aliphatic carbocycles. The van der Waals surface area contributed by atoms with Crippen molar-refractivity contribution in [3.05, 3.63) is 77.8 Å². The summed E-state index contributed by atoms with van der Waals surface area (Å²) in [5.74, 6) is -0.627. The minimum atomic E-state index is -1.15. The van der Waals surface area contributed by atoms with Gasteiger partial charge in [-0.15, -0.1) is 0 Å². The van der Waals surface area contributed by atoms with Crippen molar-refractivity contribution in [2.45, 2.75) is 44.8 Å². The van der Waals surface area contributed by atoms with Crippen LogP contribution in [0.4, 0.5) is 10.2 Å². The molecule has 3 rings (SSSR count). The monoisotopic (exact) mass is 438 g/mol. The summed E-state index contributed by atoms with van der Waals surface area (Å²) in [6, 6.07) is 11.7. The summed E-state index contributed by atoms with van der Waals surface area (Å²) in [6.07, 6.45) is 4.21. The van der Waals surface area contributed by atoms with Crippen LogP contribution in [0.15, 0.2) is 71.4 Å². The Morgan fingerprint density at radius 2 is 1.94 bits per heavy atom. The molecule has 1 heterocycles. The number of halogens is 1. The lowest BCUT2D eigenvalue weighted by atomic mass is 9.94. The maximum atomic E-state index is 13.4. The fourth-order valence-electron chi connectivity index (χ4n) is 3.38. The normalized spacial score (nSPS) is 17.2. The second-order valence-corrected chi connectivity index (χ2v) is 7.92. The topological polar surface area (TPSA) is 103 Å². The van der Waals surface area contributed by atoms with Crippen LogP contribution < -0.4 is 0 Å². The molecule has 0 bridgehead atoms. The first kappa shape index (κ1) is 23.5. The van der Waals surface area contributed by atoms with Crippen molar-refractivity contribution in [3.63, 3.8) is 0 Å². The van der Waals surface area contributed by atoms with Crippen LogP contribution in [-0.4, -0.2) is 44.2 Å². The van der Waals surface area contributed by atoms with Gasteiger partial charge in [-0.2, -0.15) is 0 Å². The van der Waals surface area contributed by atoms with E-state index in [0.717, 1.165) is 35.3 Å². The third-order valence-corrected chi connectivity index (χ3v) is 5.21. The molecule has 0 saturated heterocycles. The molecule has 1 fully saturated rings. The van der Waals surface area contributed by atoms with Gasteiger partial charge in [0.15, 0.2) is 5.82 Å². The Bertz CT molecular complexity index is 1010. The molecule has 2 aromatic rings. The smallest absolute Gasteiger partial charge is 0.305 e. The molecule has 168 valence electrons. The number of carboxylic acid groups (broad SMARTS) is 1. The van der Waals surface area contributed by atoms with Gasteiger partial charge in [0.05, 0.1) is 24.3 Å². The van der Waals surface area contributed by atoms with Crippen LogP contribution in [0.5, 0.6) is 0 Å². The van der Waals surface area contributed by atoms with E-state index < -0.39 is 24.6 Å². The summed E-state index contributed by atoms with van der Waals surface area (Å²) in [5, 5.41) is 28.9. The molecule has 0 radical (unpaired) electrons. The number of hydrogen-bond donors (Lipinski definition) is 3. The highest BCUT2D eigenvalue weighted by Gasteiger charge is 2.30. The predicted molar refractivity (Wildman–Crippen MR) is 121 cm³/mol. The van der Waals surface area contributed by atoms with Crippen molar-refractivity contribution in [2.24, 2.45) is 10.9 Å². The van der Waals surface area contributed by atoms with Crippen molar-refractivity contribution >= 4 is 23.1 Å². The lowest BCUT2D eigenvalue weighted by Crippen LogP contribution is -2.19. The molecule has 0 amide bonds. The molecule has 0 aliphatic heterocycles. The van der Waals surface area contributed by atoms with Gasteiger partial charge in [-0.25, -0.2) is 14.4 Å². The highest BCUT2D eigenvalue weighted by molar-refractivity contribution is 6.11. The summed E-state index contributed by atoms with van der Waals surface area (Å²) in [6.45, 7) is 1.91. The van der Waals surface area contributed by atoms with E-state index >= 15 is 0 Å². The van der Waals surface area contributed by atoms with Gasteiger partial charge in [0.1, 0.15) is 5.82 Å². The number of allylic oxidation sites excluding steroid dienone is 3. The molecule has 1 aromatic carbocycles. The number of aliphatic carboxylic acids is 1. The Labute approximate surface area is 186 Å². The lowest BCUT2D eigenvalue weighted by molar-refractivity contribution is -0.139. The number of pyridine rings is 1. The average Bonchev–Trinajstić information content (AvgIpc) is 3.58. The second-order valence-electron chi connectivity index (χ2n) is 7.92. The summed E-state index contributed by atoms with van der Waals surface area (Å²) in [5.41, 5.74) is 3.30. The van der Waals surface area contributed by atoms with E-state index in [1.54, 1.807) is 24.4 Å². The van der Waals surface area contributed by atoms with Crippen molar-refractivity contribution in [3.8, 4) is 0 Å². The maximum Gasteiger partial charge on any atom is 0.305 e. The molecular formula is C25H27FN2O4. The van der Waals surface area contributed by atoms with Gasteiger partial charge in [-0.3, -0.25) is 4.79 Å². The van der Waals surface area contributed by atoms with E-state index in [-0.39, 0.29) is 18.2 Å². The van der Waals surface area contributed by atoms with Gasteiger partial charge >= 0.3 is 5.97 Å². The van der Waals surface area contributed by atoms with Gasteiger partial charge in [0.25, 0.3) is 0 Å². The number of carbonyl (C=O) groups is 1.